The van der Waals surface area contributed by atoms with Crippen molar-refractivity contribution in [1.29, 1.82) is 0 Å². The van der Waals surface area contributed by atoms with E-state index in [4.69, 9.17) is 0 Å². The van der Waals surface area contributed by atoms with Gasteiger partial charge in [0.1, 0.15) is 0 Å². The molecule has 2 fully saturated rings. The van der Waals surface area contributed by atoms with Crippen LogP contribution >= 0.6 is 0 Å². The first-order valence-corrected chi connectivity index (χ1v) is 8.66. The number of fused-ring (bicyclic) bond motifs is 1. The Morgan fingerprint density at radius 1 is 1.22 bits per heavy atom. The average Bonchev–Trinajstić information content (AvgIpc) is 3.27. The normalized spacial score (nSPS) is 25.5. The fourth-order valence-corrected chi connectivity index (χ4v) is 4.33. The van der Waals surface area contributed by atoms with Gasteiger partial charge in [-0.1, -0.05) is 18.2 Å². The number of likely N-dealkylation sites (N-methyl/N-ethyl adjacent to an activating group) is 1. The summed E-state index contributed by atoms with van der Waals surface area (Å²) in [5, 5.41) is 8.42. The number of hydrogen-bond donors (Lipinski definition) is 1. The third-order valence-corrected chi connectivity index (χ3v) is 5.51. The lowest BCUT2D eigenvalue weighted by Gasteiger charge is -2.33. The number of aromatic nitrogens is 2. The fraction of sp³-hybridized carbons (Fsp3) is 0.556. The van der Waals surface area contributed by atoms with E-state index in [1.165, 1.54) is 12.8 Å². The average molecular weight is 312 g/mol. The molecule has 23 heavy (non-hydrogen) atoms. The van der Waals surface area contributed by atoms with Crippen LogP contribution < -0.4 is 0 Å². The summed E-state index contributed by atoms with van der Waals surface area (Å²) in [7, 11) is 2.20. The van der Waals surface area contributed by atoms with Gasteiger partial charge in [-0.2, -0.15) is 5.10 Å². The molecule has 1 amide bonds. The Morgan fingerprint density at radius 3 is 2.83 bits per heavy atom. The highest BCUT2D eigenvalue weighted by atomic mass is 16.2. The minimum atomic E-state index is 0.238. The third-order valence-electron chi connectivity index (χ3n) is 5.51. The molecular formula is C18H24N4O. The number of carbonyl (C=O) groups excluding carboxylic acids is 1. The molecule has 1 aromatic carbocycles. The van der Waals surface area contributed by atoms with Crippen LogP contribution in [-0.4, -0.2) is 58.1 Å². The SMILES string of the molecule is CN1CCC[C@@H]1[C@@H]1CCCN1C(=O)Cc1[nH]nc2ccccc12. The predicted molar refractivity (Wildman–Crippen MR) is 90.2 cm³/mol. The molecular weight excluding hydrogens is 288 g/mol. The Kier molecular flexibility index (Phi) is 3.81. The van der Waals surface area contributed by atoms with Gasteiger partial charge >= 0.3 is 0 Å². The third kappa shape index (κ3) is 2.63. The molecule has 3 heterocycles. The van der Waals surface area contributed by atoms with Gasteiger partial charge in [-0.25, -0.2) is 0 Å². The zero-order valence-electron chi connectivity index (χ0n) is 13.7. The second-order valence-corrected chi connectivity index (χ2v) is 6.88. The number of H-pyrrole nitrogens is 1. The first kappa shape index (κ1) is 14.7. The summed E-state index contributed by atoms with van der Waals surface area (Å²) in [6.45, 7) is 2.06. The van der Waals surface area contributed by atoms with Crippen LogP contribution in [-0.2, 0) is 11.2 Å². The van der Waals surface area contributed by atoms with Gasteiger partial charge in [0.25, 0.3) is 0 Å². The van der Waals surface area contributed by atoms with E-state index in [1.807, 2.05) is 24.3 Å². The molecule has 0 spiro atoms. The maximum atomic E-state index is 12.9. The number of para-hydroxylation sites is 1. The molecule has 2 aliphatic heterocycles. The van der Waals surface area contributed by atoms with Gasteiger partial charge in [0.2, 0.25) is 5.91 Å². The number of carbonyl (C=O) groups is 1. The zero-order chi connectivity index (χ0) is 15.8. The zero-order valence-corrected chi connectivity index (χ0v) is 13.7. The Balaban J connectivity index is 1.52. The Labute approximate surface area is 136 Å². The lowest BCUT2D eigenvalue weighted by atomic mass is 10.0. The van der Waals surface area contributed by atoms with Crippen molar-refractivity contribution in [3.63, 3.8) is 0 Å². The number of nitrogens with one attached hydrogen (secondary N) is 1. The van der Waals surface area contributed by atoms with Gasteiger partial charge in [0.15, 0.2) is 0 Å². The van der Waals surface area contributed by atoms with E-state index in [1.54, 1.807) is 0 Å². The van der Waals surface area contributed by atoms with Crippen molar-refractivity contribution in [2.24, 2.45) is 0 Å². The quantitative estimate of drug-likeness (QED) is 0.945. The summed E-state index contributed by atoms with van der Waals surface area (Å²) >= 11 is 0. The highest BCUT2D eigenvalue weighted by Gasteiger charge is 2.38. The molecule has 0 aliphatic carbocycles. The fourth-order valence-electron chi connectivity index (χ4n) is 4.33. The summed E-state index contributed by atoms with van der Waals surface area (Å²) in [6, 6.07) is 8.92. The number of likely N-dealkylation sites (tertiary alicyclic amines) is 2. The van der Waals surface area contributed by atoms with E-state index in [0.717, 1.165) is 42.5 Å². The minimum Gasteiger partial charge on any atom is -0.338 e. The lowest BCUT2D eigenvalue weighted by molar-refractivity contribution is -0.132. The standard InChI is InChI=1S/C18H24N4O/c1-21-10-4-8-16(21)17-9-5-11-22(17)18(23)12-15-13-6-2-3-7-14(13)19-20-15/h2-3,6-7,16-17H,4-5,8-12H2,1H3,(H,19,20)/t16-,17+/m1/s1. The van der Waals surface area contributed by atoms with Gasteiger partial charge < -0.3 is 9.80 Å². The topological polar surface area (TPSA) is 52.2 Å². The first-order chi connectivity index (χ1) is 11.2. The molecule has 5 heteroatoms. The molecule has 0 radical (unpaired) electrons. The largest absolute Gasteiger partial charge is 0.338 e. The molecule has 1 aromatic heterocycles. The number of aromatic amines is 1. The Morgan fingerprint density at radius 2 is 2.00 bits per heavy atom. The van der Waals surface area contributed by atoms with E-state index in [-0.39, 0.29) is 5.91 Å². The van der Waals surface area contributed by atoms with Crippen molar-refractivity contribution in [1.82, 2.24) is 20.0 Å². The number of amides is 1. The van der Waals surface area contributed by atoms with Crippen LogP contribution in [0.15, 0.2) is 24.3 Å². The highest BCUT2D eigenvalue weighted by Crippen LogP contribution is 2.29. The maximum Gasteiger partial charge on any atom is 0.228 e. The summed E-state index contributed by atoms with van der Waals surface area (Å²) in [4.78, 5) is 17.4. The molecule has 0 unspecified atom stereocenters. The molecule has 4 rings (SSSR count). The van der Waals surface area contributed by atoms with E-state index >= 15 is 0 Å². The molecule has 0 saturated carbocycles. The summed E-state index contributed by atoms with van der Waals surface area (Å²) in [6.07, 6.45) is 5.17. The van der Waals surface area contributed by atoms with Crippen molar-refractivity contribution >= 4 is 16.8 Å². The predicted octanol–water partition coefficient (Wildman–Crippen LogP) is 2.19. The maximum absolute atomic E-state index is 12.9. The Hall–Kier alpha value is -1.88. The molecule has 2 atom stereocenters. The molecule has 2 saturated heterocycles. The summed E-state index contributed by atoms with van der Waals surface area (Å²) < 4.78 is 0. The Bertz CT molecular complexity index is 710. The van der Waals surface area contributed by atoms with Crippen LogP contribution in [0.1, 0.15) is 31.4 Å². The van der Waals surface area contributed by atoms with Gasteiger partial charge in [-0.15, -0.1) is 0 Å². The van der Waals surface area contributed by atoms with Crippen LogP contribution in [0.5, 0.6) is 0 Å². The van der Waals surface area contributed by atoms with Crippen molar-refractivity contribution in [2.75, 3.05) is 20.1 Å². The van der Waals surface area contributed by atoms with Gasteiger partial charge in [0, 0.05) is 24.0 Å². The first-order valence-electron chi connectivity index (χ1n) is 8.66. The van der Waals surface area contributed by atoms with Crippen molar-refractivity contribution < 1.29 is 4.79 Å². The van der Waals surface area contributed by atoms with Gasteiger partial charge in [0.05, 0.1) is 17.6 Å². The van der Waals surface area contributed by atoms with E-state index in [9.17, 15) is 4.79 Å². The molecule has 5 nitrogen and oxygen atoms in total. The number of rotatable bonds is 3. The molecule has 0 bridgehead atoms. The smallest absolute Gasteiger partial charge is 0.228 e. The van der Waals surface area contributed by atoms with E-state index < -0.39 is 0 Å². The van der Waals surface area contributed by atoms with Crippen molar-refractivity contribution in [3.8, 4) is 0 Å². The van der Waals surface area contributed by atoms with Crippen LogP contribution in [0.2, 0.25) is 0 Å². The van der Waals surface area contributed by atoms with Crippen molar-refractivity contribution in [3.05, 3.63) is 30.0 Å². The highest BCUT2D eigenvalue weighted by molar-refractivity contribution is 5.87. The second kappa shape index (κ2) is 5.96. The molecule has 1 N–H and O–H groups in total. The van der Waals surface area contributed by atoms with Crippen LogP contribution in [0, 0.1) is 0 Å². The van der Waals surface area contributed by atoms with E-state index in [0.29, 0.717) is 18.5 Å². The monoisotopic (exact) mass is 312 g/mol. The number of nitrogens with zero attached hydrogens (tertiary/aromatic N) is 3. The van der Waals surface area contributed by atoms with Crippen LogP contribution in [0.4, 0.5) is 0 Å². The second-order valence-electron chi connectivity index (χ2n) is 6.88. The summed E-state index contributed by atoms with van der Waals surface area (Å²) in [5.74, 6) is 0.238. The van der Waals surface area contributed by atoms with Gasteiger partial charge in [-0.3, -0.25) is 9.89 Å². The van der Waals surface area contributed by atoms with E-state index in [2.05, 4.69) is 27.0 Å². The summed E-state index contributed by atoms with van der Waals surface area (Å²) in [5.41, 5.74) is 1.87. The molecule has 122 valence electrons. The minimum absolute atomic E-state index is 0.238. The number of hydrogen-bond acceptors (Lipinski definition) is 3. The number of benzene rings is 1. The molecule has 2 aromatic rings. The van der Waals surface area contributed by atoms with Gasteiger partial charge in [-0.05, 0) is 45.3 Å². The van der Waals surface area contributed by atoms with Crippen LogP contribution in [0.25, 0.3) is 10.9 Å². The van der Waals surface area contributed by atoms with Crippen LogP contribution in [0.3, 0.4) is 0 Å². The lowest BCUT2D eigenvalue weighted by Crippen LogP contribution is -2.47. The molecule has 2 aliphatic rings. The van der Waals surface area contributed by atoms with Crippen molar-refractivity contribution in [2.45, 2.75) is 44.2 Å².